The van der Waals surface area contributed by atoms with Crippen molar-refractivity contribution in [3.05, 3.63) is 191 Å². The van der Waals surface area contributed by atoms with Crippen molar-refractivity contribution in [1.82, 2.24) is 0 Å². The zero-order valence-corrected chi connectivity index (χ0v) is 40.7. The summed E-state index contributed by atoms with van der Waals surface area (Å²) in [6.07, 6.45) is 14.4. The smallest absolute Gasteiger partial charge is 0.335 e. The SMILES string of the molecule is C=CC(=O)Oc1ccc(/C=C/C(O)=C/C(=O)/C=C/c2ccc(OC(=O)CCCCC(=O)Oc3ccc(/C=C/C(=O)/C=C(O)/C=C/c4ccc(OC(=O)C=C)c(C(C)=O)c4)cc3C(C)=O)c(C(C)=O)c2)cc1C(C)=O. The third-order valence-electron chi connectivity index (χ3n) is 10.1. The molecule has 0 atom stereocenters. The molecule has 4 aromatic carbocycles. The van der Waals surface area contributed by atoms with Gasteiger partial charge in [-0.2, -0.15) is 0 Å². The lowest BCUT2D eigenvalue weighted by Crippen LogP contribution is -2.12. The van der Waals surface area contributed by atoms with E-state index >= 15 is 0 Å². The first-order valence-corrected chi connectivity index (χ1v) is 22.5. The number of allylic oxidation sites excluding steroid dienone is 6. The van der Waals surface area contributed by atoms with Crippen molar-refractivity contribution in [2.45, 2.75) is 53.4 Å². The van der Waals surface area contributed by atoms with Gasteiger partial charge in [-0.1, -0.05) is 61.7 Å². The number of esters is 4. The second-order valence-corrected chi connectivity index (χ2v) is 15.9. The number of Topliss-reactive ketones (excluding diaryl/α,β-unsaturated/α-hetero) is 4. The van der Waals surface area contributed by atoms with E-state index in [-0.39, 0.29) is 82.5 Å². The molecule has 0 fully saturated rings. The molecule has 0 saturated heterocycles. The first-order valence-electron chi connectivity index (χ1n) is 22.5. The van der Waals surface area contributed by atoms with Crippen LogP contribution in [0.3, 0.4) is 0 Å². The Balaban J connectivity index is 1.27. The van der Waals surface area contributed by atoms with Crippen LogP contribution in [0.1, 0.15) is 117 Å². The highest BCUT2D eigenvalue weighted by molar-refractivity contribution is 6.05. The van der Waals surface area contributed by atoms with Crippen molar-refractivity contribution in [1.29, 1.82) is 0 Å². The summed E-state index contributed by atoms with van der Waals surface area (Å²) in [5, 5.41) is 20.6. The molecule has 378 valence electrons. The molecule has 16 nitrogen and oxygen atoms in total. The summed E-state index contributed by atoms with van der Waals surface area (Å²) in [6, 6.07) is 17.4. The third kappa shape index (κ3) is 18.2. The van der Waals surface area contributed by atoms with Gasteiger partial charge in [0.05, 0.1) is 22.3 Å². The summed E-state index contributed by atoms with van der Waals surface area (Å²) in [4.78, 5) is 123. The van der Waals surface area contributed by atoms with Crippen LogP contribution in [0, 0.1) is 0 Å². The fraction of sp³-hybridized carbons (Fsp3) is 0.138. The van der Waals surface area contributed by atoms with Crippen molar-refractivity contribution in [3.8, 4) is 23.0 Å². The Bertz CT molecular complexity index is 2920. The van der Waals surface area contributed by atoms with E-state index in [1.165, 1.54) is 137 Å². The number of hydrogen-bond donors (Lipinski definition) is 2. The first kappa shape index (κ1) is 56.9. The van der Waals surface area contributed by atoms with Crippen LogP contribution in [-0.2, 0) is 28.8 Å². The van der Waals surface area contributed by atoms with Crippen LogP contribution >= 0.6 is 0 Å². The minimum absolute atomic E-state index is 0.0176. The van der Waals surface area contributed by atoms with E-state index in [0.29, 0.717) is 22.3 Å². The van der Waals surface area contributed by atoms with Gasteiger partial charge in [0, 0.05) is 37.1 Å². The standard InChI is InChI=1S/C58H50O16/c1-7-55(67)71-51-25-17-39(29-47(51)35(3)59)13-21-43(63)33-45(65)23-15-41-19-27-53(49(31-41)37(5)61)73-57(69)11-9-10-12-58(70)74-54-28-20-42(32-50(54)38(6)62)16-24-46(66)34-44(64)22-14-40-18-26-52(72-56(68)8-2)48(30-40)36(4)60/h7-8,13-34,63-64H,1-2,9-12H2,3-6H3/b21-13+,22-14+,23-15+,24-16+,43-33-,44-34-. The van der Waals surface area contributed by atoms with E-state index in [4.69, 9.17) is 18.9 Å². The van der Waals surface area contributed by atoms with Crippen molar-refractivity contribution in [2.75, 3.05) is 0 Å². The highest BCUT2D eigenvalue weighted by Gasteiger charge is 2.17. The number of rotatable bonds is 25. The van der Waals surface area contributed by atoms with Gasteiger partial charge in [0.2, 0.25) is 0 Å². The zero-order chi connectivity index (χ0) is 54.5. The van der Waals surface area contributed by atoms with Gasteiger partial charge in [0.25, 0.3) is 0 Å². The number of hydrogen-bond acceptors (Lipinski definition) is 16. The van der Waals surface area contributed by atoms with E-state index in [1.807, 2.05) is 0 Å². The Morgan fingerprint density at radius 1 is 0.419 bits per heavy atom. The monoisotopic (exact) mass is 1000 g/mol. The molecule has 0 aliphatic carbocycles. The molecule has 0 spiro atoms. The van der Waals surface area contributed by atoms with Gasteiger partial charge >= 0.3 is 23.9 Å². The molecule has 74 heavy (non-hydrogen) atoms. The number of aliphatic hydroxyl groups excluding tert-OH is 2. The maximum Gasteiger partial charge on any atom is 0.335 e. The molecule has 0 unspecified atom stereocenters. The highest BCUT2D eigenvalue weighted by atomic mass is 16.5. The van der Waals surface area contributed by atoms with Crippen LogP contribution < -0.4 is 18.9 Å². The molecule has 0 aliphatic rings. The molecule has 0 aliphatic heterocycles. The molecule has 16 heteroatoms. The molecule has 4 rings (SSSR count). The summed E-state index contributed by atoms with van der Waals surface area (Å²) in [5.41, 5.74) is 2.12. The summed E-state index contributed by atoms with van der Waals surface area (Å²) in [5.74, 6) is -6.40. The minimum atomic E-state index is -0.739. The number of ketones is 6. The quantitative estimate of drug-likeness (QED) is 0.0119. The number of ether oxygens (including phenoxy) is 4. The molecule has 0 heterocycles. The van der Waals surface area contributed by atoms with Crippen LogP contribution in [0.4, 0.5) is 0 Å². The largest absolute Gasteiger partial charge is 0.508 e. The minimum Gasteiger partial charge on any atom is -0.508 e. The topological polar surface area (TPSA) is 248 Å². The summed E-state index contributed by atoms with van der Waals surface area (Å²) in [6.45, 7) is 11.8. The maximum absolute atomic E-state index is 12.7. The molecule has 0 saturated carbocycles. The second-order valence-electron chi connectivity index (χ2n) is 15.9. The van der Waals surface area contributed by atoms with E-state index in [2.05, 4.69) is 13.2 Å². The van der Waals surface area contributed by atoms with Gasteiger partial charge < -0.3 is 29.2 Å². The van der Waals surface area contributed by atoms with Crippen LogP contribution in [0.15, 0.2) is 146 Å². The first-order chi connectivity index (χ1) is 35.1. The van der Waals surface area contributed by atoms with Crippen LogP contribution in [-0.4, -0.2) is 68.8 Å². The molecule has 4 aromatic rings. The highest BCUT2D eigenvalue weighted by Crippen LogP contribution is 2.26. The Kier molecular flexibility index (Phi) is 21.2. The second kappa shape index (κ2) is 27.6. The van der Waals surface area contributed by atoms with Gasteiger partial charge in [0.15, 0.2) is 34.7 Å². The van der Waals surface area contributed by atoms with Crippen molar-refractivity contribution in [2.24, 2.45) is 0 Å². The number of unbranched alkanes of at least 4 members (excludes halogenated alkanes) is 1. The molecule has 0 amide bonds. The Morgan fingerprint density at radius 2 is 0.689 bits per heavy atom. The van der Waals surface area contributed by atoms with Crippen molar-refractivity contribution < 1.29 is 77.1 Å². The van der Waals surface area contributed by atoms with Crippen LogP contribution in [0.25, 0.3) is 24.3 Å². The normalized spacial score (nSPS) is 11.6. The van der Waals surface area contributed by atoms with E-state index in [9.17, 15) is 58.2 Å². The predicted octanol–water partition coefficient (Wildman–Crippen LogP) is 10.2. The summed E-state index contributed by atoms with van der Waals surface area (Å²) in [7, 11) is 0. The van der Waals surface area contributed by atoms with E-state index in [1.54, 1.807) is 0 Å². The number of carbonyl (C=O) groups excluding carboxylic acids is 10. The fourth-order valence-electron chi connectivity index (χ4n) is 6.45. The van der Waals surface area contributed by atoms with Crippen molar-refractivity contribution >= 4 is 82.9 Å². The average Bonchev–Trinajstić information content (AvgIpc) is 3.35. The molecule has 0 bridgehead atoms. The van der Waals surface area contributed by atoms with Crippen molar-refractivity contribution in [3.63, 3.8) is 0 Å². The lowest BCUT2D eigenvalue weighted by atomic mass is 10.1. The van der Waals surface area contributed by atoms with Gasteiger partial charge in [-0.05, 0) is 136 Å². The summed E-state index contributed by atoms with van der Waals surface area (Å²) < 4.78 is 21.1. The lowest BCUT2D eigenvalue weighted by molar-refractivity contribution is -0.136. The van der Waals surface area contributed by atoms with Gasteiger partial charge in [-0.25, -0.2) is 9.59 Å². The number of carbonyl (C=O) groups is 10. The molecule has 2 N–H and O–H groups in total. The molecular weight excluding hydrogens is 953 g/mol. The van der Waals surface area contributed by atoms with E-state index in [0.717, 1.165) is 36.5 Å². The fourth-order valence-corrected chi connectivity index (χ4v) is 6.45. The Hall–Kier alpha value is -9.70. The predicted molar refractivity (Wildman–Crippen MR) is 275 cm³/mol. The number of aliphatic hydroxyl groups is 2. The maximum atomic E-state index is 12.7. The summed E-state index contributed by atoms with van der Waals surface area (Å²) >= 11 is 0. The molecular formula is C58H50O16. The average molecular weight is 1000 g/mol. The van der Waals surface area contributed by atoms with Crippen LogP contribution in [0.5, 0.6) is 23.0 Å². The van der Waals surface area contributed by atoms with Gasteiger partial charge in [0.1, 0.15) is 34.5 Å². The van der Waals surface area contributed by atoms with E-state index < -0.39 is 58.5 Å². The van der Waals surface area contributed by atoms with Crippen LogP contribution in [0.2, 0.25) is 0 Å². The number of benzene rings is 4. The Labute approximate surface area is 425 Å². The lowest BCUT2D eigenvalue weighted by Gasteiger charge is -2.10. The zero-order valence-electron chi connectivity index (χ0n) is 40.7. The Morgan fingerprint density at radius 3 is 0.959 bits per heavy atom. The van der Waals surface area contributed by atoms with Gasteiger partial charge in [-0.15, -0.1) is 0 Å². The van der Waals surface area contributed by atoms with Gasteiger partial charge in [-0.3, -0.25) is 38.4 Å². The molecule has 0 radical (unpaired) electrons. The third-order valence-corrected chi connectivity index (χ3v) is 10.1. The molecule has 0 aromatic heterocycles.